The molecule has 0 atom stereocenters. The molecule has 0 spiro atoms. The van der Waals surface area contributed by atoms with Gasteiger partial charge in [-0.1, -0.05) is 19.1 Å². The lowest BCUT2D eigenvalue weighted by molar-refractivity contribution is -0.120. The van der Waals surface area contributed by atoms with Gasteiger partial charge in [0, 0.05) is 26.6 Å². The highest BCUT2D eigenvalue weighted by Crippen LogP contribution is 2.20. The summed E-state index contributed by atoms with van der Waals surface area (Å²) in [5, 5.41) is 5.50. The van der Waals surface area contributed by atoms with Crippen LogP contribution in [0.25, 0.3) is 0 Å². The second-order valence-corrected chi connectivity index (χ2v) is 5.98. The summed E-state index contributed by atoms with van der Waals surface area (Å²) in [6, 6.07) is 6.65. The molecule has 0 heterocycles. The smallest absolute Gasteiger partial charge is 0.242 e. The average Bonchev–Trinajstić information content (AvgIpc) is 2.45. The van der Waals surface area contributed by atoms with E-state index in [0.29, 0.717) is 18.8 Å². The summed E-state index contributed by atoms with van der Waals surface area (Å²) >= 11 is 0. The molecule has 0 saturated heterocycles. The average molecular weight is 299 g/mol. The molecule has 0 aliphatic carbocycles. The Bertz CT molecular complexity index is 544. The van der Waals surface area contributed by atoms with E-state index in [1.807, 2.05) is 6.92 Å². The van der Waals surface area contributed by atoms with Crippen molar-refractivity contribution >= 4 is 21.6 Å². The van der Waals surface area contributed by atoms with Gasteiger partial charge in [-0.2, -0.15) is 0 Å². The number of nitrogens with one attached hydrogen (secondary N) is 3. The highest BCUT2D eigenvalue weighted by molar-refractivity contribution is 7.89. The van der Waals surface area contributed by atoms with E-state index < -0.39 is 10.0 Å². The molecule has 0 aromatic heterocycles. The molecular weight excluding hydrogens is 278 g/mol. The number of rotatable bonds is 8. The SMILES string of the molecule is CCCNS(=O)(=O)c1ccccc1NCCC(=O)NC. The van der Waals surface area contributed by atoms with Gasteiger partial charge in [0.2, 0.25) is 15.9 Å². The zero-order valence-corrected chi connectivity index (χ0v) is 12.6. The van der Waals surface area contributed by atoms with E-state index in [1.54, 1.807) is 31.3 Å². The number of para-hydroxylation sites is 1. The fourth-order valence-corrected chi connectivity index (χ4v) is 2.91. The molecule has 1 aromatic rings. The molecule has 0 aliphatic rings. The van der Waals surface area contributed by atoms with Crippen molar-refractivity contribution in [2.45, 2.75) is 24.7 Å². The standard InChI is InChI=1S/C13H21N3O3S/c1-3-9-16-20(18,19)12-7-5-4-6-11(12)15-10-8-13(17)14-2/h4-7,15-16H,3,8-10H2,1-2H3,(H,14,17). The van der Waals surface area contributed by atoms with Crippen molar-refractivity contribution in [2.75, 3.05) is 25.5 Å². The van der Waals surface area contributed by atoms with E-state index in [-0.39, 0.29) is 17.2 Å². The second-order valence-electron chi connectivity index (χ2n) is 4.24. The van der Waals surface area contributed by atoms with Crippen molar-refractivity contribution in [1.29, 1.82) is 0 Å². The Labute approximate surface area is 120 Å². The lowest BCUT2D eigenvalue weighted by Crippen LogP contribution is -2.26. The van der Waals surface area contributed by atoms with Crippen LogP contribution in [0.5, 0.6) is 0 Å². The number of benzene rings is 1. The van der Waals surface area contributed by atoms with Gasteiger partial charge in [0.25, 0.3) is 0 Å². The second kappa shape index (κ2) is 7.86. The molecule has 0 unspecified atom stereocenters. The Kier molecular flexibility index (Phi) is 6.47. The molecule has 7 heteroatoms. The van der Waals surface area contributed by atoms with Gasteiger partial charge in [0.05, 0.1) is 5.69 Å². The number of hydrogen-bond donors (Lipinski definition) is 3. The van der Waals surface area contributed by atoms with Crippen LogP contribution in [0.2, 0.25) is 0 Å². The van der Waals surface area contributed by atoms with Crippen molar-refractivity contribution in [2.24, 2.45) is 0 Å². The van der Waals surface area contributed by atoms with Gasteiger partial charge in [0.1, 0.15) is 4.90 Å². The first kappa shape index (κ1) is 16.5. The fraction of sp³-hybridized carbons (Fsp3) is 0.462. The molecule has 112 valence electrons. The van der Waals surface area contributed by atoms with E-state index >= 15 is 0 Å². The van der Waals surface area contributed by atoms with Crippen LogP contribution >= 0.6 is 0 Å². The van der Waals surface area contributed by atoms with Crippen molar-refractivity contribution < 1.29 is 13.2 Å². The Morgan fingerprint density at radius 1 is 1.20 bits per heavy atom. The number of carbonyl (C=O) groups is 1. The highest BCUT2D eigenvalue weighted by atomic mass is 32.2. The Balaban J connectivity index is 2.80. The van der Waals surface area contributed by atoms with Gasteiger partial charge < -0.3 is 10.6 Å². The minimum atomic E-state index is -3.52. The first-order valence-electron chi connectivity index (χ1n) is 6.54. The largest absolute Gasteiger partial charge is 0.383 e. The van der Waals surface area contributed by atoms with E-state index in [2.05, 4.69) is 15.4 Å². The van der Waals surface area contributed by atoms with Crippen LogP contribution < -0.4 is 15.4 Å². The fourth-order valence-electron chi connectivity index (χ4n) is 1.60. The lowest BCUT2D eigenvalue weighted by Gasteiger charge is -2.12. The summed E-state index contributed by atoms with van der Waals surface area (Å²) in [6.45, 7) is 2.67. The Hall–Kier alpha value is -1.60. The zero-order valence-electron chi connectivity index (χ0n) is 11.8. The van der Waals surface area contributed by atoms with Gasteiger partial charge in [0.15, 0.2) is 0 Å². The molecule has 6 nitrogen and oxygen atoms in total. The maximum Gasteiger partial charge on any atom is 0.242 e. The van der Waals surface area contributed by atoms with Crippen molar-refractivity contribution in [3.63, 3.8) is 0 Å². The van der Waals surface area contributed by atoms with Crippen LogP contribution in [-0.2, 0) is 14.8 Å². The van der Waals surface area contributed by atoms with Crippen LogP contribution in [0.15, 0.2) is 29.2 Å². The molecule has 1 aromatic carbocycles. The minimum absolute atomic E-state index is 0.0954. The van der Waals surface area contributed by atoms with Gasteiger partial charge in [-0.3, -0.25) is 4.79 Å². The maximum absolute atomic E-state index is 12.1. The molecule has 0 aliphatic heterocycles. The lowest BCUT2D eigenvalue weighted by atomic mass is 10.3. The molecule has 0 radical (unpaired) electrons. The molecule has 1 amide bonds. The first-order chi connectivity index (χ1) is 9.51. The van der Waals surface area contributed by atoms with Crippen molar-refractivity contribution in [3.8, 4) is 0 Å². The molecule has 20 heavy (non-hydrogen) atoms. The first-order valence-corrected chi connectivity index (χ1v) is 8.02. The molecule has 0 fully saturated rings. The van der Waals surface area contributed by atoms with Crippen molar-refractivity contribution in [3.05, 3.63) is 24.3 Å². The van der Waals surface area contributed by atoms with Crippen LogP contribution in [0.3, 0.4) is 0 Å². The Morgan fingerprint density at radius 3 is 2.55 bits per heavy atom. The zero-order chi connectivity index (χ0) is 15.0. The summed E-state index contributed by atoms with van der Waals surface area (Å²) in [5.74, 6) is -0.0954. The normalized spacial score (nSPS) is 11.1. The van der Waals surface area contributed by atoms with E-state index in [1.165, 1.54) is 0 Å². The summed E-state index contributed by atoms with van der Waals surface area (Å²) in [5.41, 5.74) is 0.500. The van der Waals surface area contributed by atoms with Crippen LogP contribution in [-0.4, -0.2) is 34.5 Å². The number of anilines is 1. The minimum Gasteiger partial charge on any atom is -0.383 e. The van der Waals surface area contributed by atoms with Gasteiger partial charge in [-0.05, 0) is 18.6 Å². The van der Waals surface area contributed by atoms with Crippen LogP contribution in [0, 0.1) is 0 Å². The molecule has 1 rings (SSSR count). The third-order valence-electron chi connectivity index (χ3n) is 2.67. The predicted octanol–water partition coefficient (Wildman–Crippen LogP) is 0.923. The third kappa shape index (κ3) is 4.82. The molecular formula is C13H21N3O3S. The number of carbonyl (C=O) groups excluding carboxylic acids is 1. The van der Waals surface area contributed by atoms with Crippen LogP contribution in [0.1, 0.15) is 19.8 Å². The van der Waals surface area contributed by atoms with E-state index in [0.717, 1.165) is 6.42 Å². The van der Waals surface area contributed by atoms with E-state index in [4.69, 9.17) is 0 Å². The molecule has 3 N–H and O–H groups in total. The summed E-state index contributed by atoms with van der Waals surface area (Å²) in [7, 11) is -1.96. The molecule has 0 bridgehead atoms. The van der Waals surface area contributed by atoms with Crippen molar-refractivity contribution in [1.82, 2.24) is 10.0 Å². The highest BCUT2D eigenvalue weighted by Gasteiger charge is 2.17. The topological polar surface area (TPSA) is 87.3 Å². The maximum atomic E-state index is 12.1. The monoisotopic (exact) mass is 299 g/mol. The number of hydrogen-bond acceptors (Lipinski definition) is 4. The van der Waals surface area contributed by atoms with Gasteiger partial charge >= 0.3 is 0 Å². The predicted molar refractivity (Wildman–Crippen MR) is 79.1 cm³/mol. The van der Waals surface area contributed by atoms with Gasteiger partial charge in [-0.15, -0.1) is 0 Å². The number of sulfonamides is 1. The van der Waals surface area contributed by atoms with Gasteiger partial charge in [-0.25, -0.2) is 13.1 Å². The summed E-state index contributed by atoms with van der Waals surface area (Å²) < 4.78 is 26.8. The number of amides is 1. The van der Waals surface area contributed by atoms with Crippen LogP contribution in [0.4, 0.5) is 5.69 Å². The quantitative estimate of drug-likeness (QED) is 0.666. The summed E-state index contributed by atoms with van der Waals surface area (Å²) in [6.07, 6.45) is 1.01. The summed E-state index contributed by atoms with van der Waals surface area (Å²) in [4.78, 5) is 11.3. The Morgan fingerprint density at radius 2 is 1.90 bits per heavy atom. The van der Waals surface area contributed by atoms with E-state index in [9.17, 15) is 13.2 Å². The molecule has 0 saturated carbocycles. The third-order valence-corrected chi connectivity index (χ3v) is 4.18.